The summed E-state index contributed by atoms with van der Waals surface area (Å²) in [5.41, 5.74) is 2.58. The minimum Gasteiger partial charge on any atom is -0.337 e. The minimum atomic E-state index is 0.319. The van der Waals surface area contributed by atoms with E-state index < -0.39 is 0 Å². The summed E-state index contributed by atoms with van der Waals surface area (Å²) >= 11 is 1.85. The molecule has 0 aliphatic carbocycles. The van der Waals surface area contributed by atoms with Crippen molar-refractivity contribution in [2.24, 2.45) is 10.2 Å². The van der Waals surface area contributed by atoms with Gasteiger partial charge in [-0.15, -0.1) is 0 Å². The summed E-state index contributed by atoms with van der Waals surface area (Å²) < 4.78 is 0. The van der Waals surface area contributed by atoms with Crippen LogP contribution in [-0.4, -0.2) is 19.1 Å². The molecule has 2 aromatic rings. The van der Waals surface area contributed by atoms with E-state index in [0.29, 0.717) is 6.04 Å². The van der Waals surface area contributed by atoms with E-state index in [4.69, 9.17) is 0 Å². The average Bonchev–Trinajstić information content (AvgIpc) is 3.00. The highest BCUT2D eigenvalue weighted by atomic mass is 32.2. The molecular weight excluding hydrogens is 266 g/mol. The number of azo groups is 1. The number of benzene rings is 2. The molecule has 3 nitrogen and oxygen atoms in total. The van der Waals surface area contributed by atoms with Crippen LogP contribution in [0.1, 0.15) is 6.42 Å². The maximum absolute atomic E-state index is 4.35. The van der Waals surface area contributed by atoms with Gasteiger partial charge in [-0.05, 0) is 30.7 Å². The van der Waals surface area contributed by atoms with Gasteiger partial charge in [0.25, 0.3) is 0 Å². The molecular formula is C16H15N3S. The van der Waals surface area contributed by atoms with Crippen molar-refractivity contribution in [1.82, 2.24) is 0 Å². The highest BCUT2D eigenvalue weighted by molar-refractivity contribution is 7.99. The molecule has 2 aliphatic rings. The van der Waals surface area contributed by atoms with Crippen LogP contribution in [0.3, 0.4) is 0 Å². The molecule has 0 bridgehead atoms. The van der Waals surface area contributed by atoms with Gasteiger partial charge in [0.2, 0.25) is 0 Å². The second kappa shape index (κ2) is 4.94. The minimum absolute atomic E-state index is 0.319. The summed E-state index contributed by atoms with van der Waals surface area (Å²) in [5.74, 6) is 0. The zero-order valence-corrected chi connectivity index (χ0v) is 11.9. The summed E-state index contributed by atoms with van der Waals surface area (Å²) in [4.78, 5) is 5.04. The van der Waals surface area contributed by atoms with Gasteiger partial charge in [-0.2, -0.15) is 10.2 Å². The second-order valence-electron chi connectivity index (χ2n) is 5.07. The Morgan fingerprint density at radius 2 is 1.65 bits per heavy atom. The van der Waals surface area contributed by atoms with Crippen LogP contribution in [0.25, 0.3) is 0 Å². The Balaban J connectivity index is 1.77. The first-order valence-corrected chi connectivity index (χ1v) is 7.73. The third-order valence-electron chi connectivity index (χ3n) is 3.73. The molecule has 1 unspecified atom stereocenters. The Labute approximate surface area is 122 Å². The standard InChI is InChI=1S/C16H15N3S/c1-3-7-15-13(5-1)19(11-12-9-10-17-18-12)14-6-2-4-8-16(14)20-15/h1-8,12H,9-11H2. The molecule has 4 rings (SSSR count). The van der Waals surface area contributed by atoms with E-state index >= 15 is 0 Å². The molecule has 0 spiro atoms. The highest BCUT2D eigenvalue weighted by Crippen LogP contribution is 2.47. The van der Waals surface area contributed by atoms with Crippen molar-refractivity contribution in [3.8, 4) is 0 Å². The smallest absolute Gasteiger partial charge is 0.0905 e. The molecule has 20 heavy (non-hydrogen) atoms. The predicted molar refractivity (Wildman–Crippen MR) is 82.1 cm³/mol. The average molecular weight is 281 g/mol. The number of fused-ring (bicyclic) bond motifs is 2. The maximum Gasteiger partial charge on any atom is 0.0905 e. The molecule has 1 atom stereocenters. The van der Waals surface area contributed by atoms with Gasteiger partial charge in [0.15, 0.2) is 0 Å². The number of rotatable bonds is 2. The topological polar surface area (TPSA) is 28.0 Å². The van der Waals surface area contributed by atoms with Crippen LogP contribution in [0, 0.1) is 0 Å². The molecule has 4 heteroatoms. The monoisotopic (exact) mass is 281 g/mol. The van der Waals surface area contributed by atoms with Crippen molar-refractivity contribution in [2.75, 3.05) is 18.0 Å². The lowest BCUT2D eigenvalue weighted by atomic mass is 10.1. The van der Waals surface area contributed by atoms with Crippen LogP contribution >= 0.6 is 11.8 Å². The fraction of sp³-hybridized carbons (Fsp3) is 0.250. The predicted octanol–water partition coefficient (Wildman–Crippen LogP) is 4.51. The lowest BCUT2D eigenvalue weighted by Gasteiger charge is -2.33. The zero-order valence-electron chi connectivity index (χ0n) is 11.1. The molecule has 0 amide bonds. The van der Waals surface area contributed by atoms with E-state index in [1.807, 2.05) is 11.8 Å². The molecule has 0 aromatic heterocycles. The van der Waals surface area contributed by atoms with Crippen LogP contribution in [0.2, 0.25) is 0 Å². The molecule has 2 aliphatic heterocycles. The van der Waals surface area contributed by atoms with Crippen LogP contribution in [0.4, 0.5) is 11.4 Å². The van der Waals surface area contributed by atoms with E-state index in [1.54, 1.807) is 0 Å². The van der Waals surface area contributed by atoms with Gasteiger partial charge in [0, 0.05) is 16.3 Å². The Morgan fingerprint density at radius 3 is 2.25 bits per heavy atom. The van der Waals surface area contributed by atoms with Crippen LogP contribution in [-0.2, 0) is 0 Å². The van der Waals surface area contributed by atoms with Crippen molar-refractivity contribution >= 4 is 23.1 Å². The Hall–Kier alpha value is -1.81. The van der Waals surface area contributed by atoms with E-state index in [-0.39, 0.29) is 0 Å². The SMILES string of the molecule is c1ccc2c(c1)Sc1ccccc1N2CC1CCN=N1. The van der Waals surface area contributed by atoms with Gasteiger partial charge in [-0.3, -0.25) is 0 Å². The van der Waals surface area contributed by atoms with Gasteiger partial charge in [0.05, 0.1) is 24.0 Å². The second-order valence-corrected chi connectivity index (χ2v) is 6.15. The summed E-state index contributed by atoms with van der Waals surface area (Å²) in [7, 11) is 0. The third kappa shape index (κ3) is 2.00. The Morgan fingerprint density at radius 1 is 1.00 bits per heavy atom. The van der Waals surface area contributed by atoms with Crippen LogP contribution in [0.5, 0.6) is 0 Å². The van der Waals surface area contributed by atoms with Gasteiger partial charge < -0.3 is 4.90 Å². The molecule has 0 saturated carbocycles. The quantitative estimate of drug-likeness (QED) is 0.810. The van der Waals surface area contributed by atoms with Crippen molar-refractivity contribution < 1.29 is 0 Å². The van der Waals surface area contributed by atoms with Gasteiger partial charge >= 0.3 is 0 Å². The lowest BCUT2D eigenvalue weighted by Crippen LogP contribution is -2.28. The molecule has 100 valence electrons. The summed E-state index contributed by atoms with van der Waals surface area (Å²) in [6, 6.07) is 17.5. The number of para-hydroxylation sites is 2. The van der Waals surface area contributed by atoms with E-state index in [2.05, 4.69) is 63.7 Å². The summed E-state index contributed by atoms with van der Waals surface area (Å²) in [6.07, 6.45) is 1.06. The molecule has 2 heterocycles. The molecule has 0 saturated heterocycles. The molecule has 0 fully saturated rings. The number of hydrogen-bond donors (Lipinski definition) is 0. The van der Waals surface area contributed by atoms with Crippen LogP contribution in [0.15, 0.2) is 68.6 Å². The Kier molecular flexibility index (Phi) is 2.96. The third-order valence-corrected chi connectivity index (χ3v) is 4.86. The first-order chi connectivity index (χ1) is 9.92. The molecule has 0 radical (unpaired) electrons. The largest absolute Gasteiger partial charge is 0.337 e. The fourth-order valence-electron chi connectivity index (χ4n) is 2.75. The zero-order chi connectivity index (χ0) is 13.4. The summed E-state index contributed by atoms with van der Waals surface area (Å²) in [6.45, 7) is 1.79. The van der Waals surface area contributed by atoms with Gasteiger partial charge in [-0.25, -0.2) is 0 Å². The number of anilines is 2. The first-order valence-electron chi connectivity index (χ1n) is 6.92. The van der Waals surface area contributed by atoms with Gasteiger partial charge in [0.1, 0.15) is 0 Å². The molecule has 0 N–H and O–H groups in total. The van der Waals surface area contributed by atoms with E-state index in [9.17, 15) is 0 Å². The Bertz CT molecular complexity index is 623. The van der Waals surface area contributed by atoms with E-state index in [1.165, 1.54) is 21.2 Å². The van der Waals surface area contributed by atoms with Crippen molar-refractivity contribution in [2.45, 2.75) is 22.3 Å². The first kappa shape index (κ1) is 12.0. The van der Waals surface area contributed by atoms with Crippen molar-refractivity contribution in [3.05, 3.63) is 48.5 Å². The highest BCUT2D eigenvalue weighted by Gasteiger charge is 2.25. The van der Waals surface area contributed by atoms with E-state index in [0.717, 1.165) is 19.5 Å². The molecule has 2 aromatic carbocycles. The number of hydrogen-bond acceptors (Lipinski definition) is 4. The fourth-order valence-corrected chi connectivity index (χ4v) is 3.85. The van der Waals surface area contributed by atoms with Crippen molar-refractivity contribution in [3.63, 3.8) is 0 Å². The van der Waals surface area contributed by atoms with Crippen molar-refractivity contribution in [1.29, 1.82) is 0 Å². The summed E-state index contributed by atoms with van der Waals surface area (Å²) in [5, 5.41) is 8.49. The lowest BCUT2D eigenvalue weighted by molar-refractivity contribution is 0.677. The van der Waals surface area contributed by atoms with Gasteiger partial charge in [-0.1, -0.05) is 36.0 Å². The van der Waals surface area contributed by atoms with Crippen LogP contribution < -0.4 is 4.90 Å². The normalized spacial score (nSPS) is 19.8. The number of nitrogens with zero attached hydrogens (tertiary/aromatic N) is 3. The maximum atomic E-state index is 4.35.